The van der Waals surface area contributed by atoms with E-state index in [1.54, 1.807) is 6.08 Å². The minimum absolute atomic E-state index is 0.0238. The van der Waals surface area contributed by atoms with E-state index in [4.69, 9.17) is 4.74 Å². The van der Waals surface area contributed by atoms with E-state index in [0.29, 0.717) is 19.4 Å². The third-order valence-corrected chi connectivity index (χ3v) is 12.2. The van der Waals surface area contributed by atoms with Crippen molar-refractivity contribution in [2.45, 2.75) is 296 Å². The first-order valence-corrected chi connectivity index (χ1v) is 26.6. The second-order valence-electron chi connectivity index (χ2n) is 18.2. The fourth-order valence-corrected chi connectivity index (χ4v) is 8.10. The molecule has 1 amide bonds. The third-order valence-electron chi connectivity index (χ3n) is 12.2. The van der Waals surface area contributed by atoms with E-state index in [9.17, 15) is 19.8 Å². The fourth-order valence-electron chi connectivity index (χ4n) is 8.10. The highest BCUT2D eigenvalue weighted by molar-refractivity contribution is 5.76. The van der Waals surface area contributed by atoms with Gasteiger partial charge in [0.2, 0.25) is 5.91 Å². The van der Waals surface area contributed by atoms with Crippen LogP contribution in [0.1, 0.15) is 284 Å². The van der Waals surface area contributed by atoms with Gasteiger partial charge < -0.3 is 20.3 Å². The molecule has 6 heteroatoms. The third kappa shape index (κ3) is 45.9. The van der Waals surface area contributed by atoms with Crippen LogP contribution < -0.4 is 5.32 Å². The minimum Gasteiger partial charge on any atom is -0.466 e. The van der Waals surface area contributed by atoms with Gasteiger partial charge in [-0.25, -0.2) is 0 Å². The SMILES string of the molecule is CCCCCCCCC/C=C\CCCCCCCCCC(=O)OCCCCCCCCCCCCC(=O)NC(CO)C(O)/C=C/CCCCCCCCCCCCCCC. The first kappa shape index (κ1) is 58.3. The van der Waals surface area contributed by atoms with Crippen LogP contribution >= 0.6 is 0 Å². The quantitative estimate of drug-likeness (QED) is 0.0322. The largest absolute Gasteiger partial charge is 0.466 e. The molecular weight excluding hydrogens is 743 g/mol. The highest BCUT2D eigenvalue weighted by atomic mass is 16.5. The van der Waals surface area contributed by atoms with Gasteiger partial charge in [0, 0.05) is 12.8 Å². The van der Waals surface area contributed by atoms with Gasteiger partial charge in [-0.15, -0.1) is 0 Å². The average molecular weight is 846 g/mol. The van der Waals surface area contributed by atoms with Crippen molar-refractivity contribution in [2.75, 3.05) is 13.2 Å². The molecule has 354 valence electrons. The molecule has 0 fully saturated rings. The summed E-state index contributed by atoms with van der Waals surface area (Å²) in [6.07, 6.45) is 58.9. The van der Waals surface area contributed by atoms with Crippen molar-refractivity contribution >= 4 is 11.9 Å². The summed E-state index contributed by atoms with van der Waals surface area (Å²) in [7, 11) is 0. The lowest BCUT2D eigenvalue weighted by molar-refractivity contribution is -0.143. The molecule has 0 spiro atoms. The molecule has 0 aromatic carbocycles. The lowest BCUT2D eigenvalue weighted by Crippen LogP contribution is -2.45. The normalized spacial score (nSPS) is 12.8. The van der Waals surface area contributed by atoms with Crippen LogP contribution in [0.2, 0.25) is 0 Å². The summed E-state index contributed by atoms with van der Waals surface area (Å²) >= 11 is 0. The number of unbranched alkanes of at least 4 members (excludes halogenated alkanes) is 36. The van der Waals surface area contributed by atoms with Crippen LogP contribution in [0.15, 0.2) is 24.3 Å². The molecule has 0 aromatic heterocycles. The van der Waals surface area contributed by atoms with Gasteiger partial charge >= 0.3 is 5.97 Å². The van der Waals surface area contributed by atoms with Crippen LogP contribution in [0.3, 0.4) is 0 Å². The standard InChI is InChI=1S/C54H103NO5/c1-3-5-7-9-11-13-15-17-19-20-21-23-25-27-32-36-40-44-48-54(59)60-49-45-41-37-33-29-28-31-35-39-43-47-53(58)55-51(50-56)52(57)46-42-38-34-30-26-24-22-18-16-14-12-10-8-6-4-2/h19-20,42,46,51-52,56-57H,3-18,21-41,43-45,47-50H2,1-2H3,(H,55,58)/b20-19-,46-42+. The van der Waals surface area contributed by atoms with Gasteiger partial charge in [0.05, 0.1) is 25.4 Å². The van der Waals surface area contributed by atoms with Crippen molar-refractivity contribution in [3.05, 3.63) is 24.3 Å². The van der Waals surface area contributed by atoms with E-state index in [2.05, 4.69) is 31.3 Å². The Kier molecular flexibility index (Phi) is 48.6. The number of carbonyl (C=O) groups excluding carboxylic acids is 2. The monoisotopic (exact) mass is 846 g/mol. The van der Waals surface area contributed by atoms with Crippen molar-refractivity contribution in [3.63, 3.8) is 0 Å². The molecule has 2 atom stereocenters. The molecular formula is C54H103NO5. The van der Waals surface area contributed by atoms with Gasteiger partial charge in [-0.2, -0.15) is 0 Å². The van der Waals surface area contributed by atoms with E-state index in [-0.39, 0.29) is 18.5 Å². The second-order valence-corrected chi connectivity index (χ2v) is 18.2. The molecule has 0 aliphatic heterocycles. The average Bonchev–Trinajstić information content (AvgIpc) is 3.25. The minimum atomic E-state index is -0.858. The maximum absolute atomic E-state index is 12.4. The summed E-state index contributed by atoms with van der Waals surface area (Å²) in [5, 5.41) is 23.0. The number of aliphatic hydroxyl groups excluding tert-OH is 2. The van der Waals surface area contributed by atoms with Crippen LogP contribution in [0.5, 0.6) is 0 Å². The van der Waals surface area contributed by atoms with Gasteiger partial charge in [-0.1, -0.05) is 237 Å². The molecule has 0 aromatic rings. The van der Waals surface area contributed by atoms with Crippen molar-refractivity contribution < 1.29 is 24.5 Å². The van der Waals surface area contributed by atoms with Gasteiger partial charge in [-0.3, -0.25) is 9.59 Å². The lowest BCUT2D eigenvalue weighted by atomic mass is 10.0. The molecule has 0 aliphatic carbocycles. The van der Waals surface area contributed by atoms with Gasteiger partial charge in [-0.05, 0) is 57.8 Å². The van der Waals surface area contributed by atoms with E-state index in [1.807, 2.05) is 6.08 Å². The molecule has 2 unspecified atom stereocenters. The molecule has 0 saturated heterocycles. The maximum atomic E-state index is 12.4. The van der Waals surface area contributed by atoms with E-state index >= 15 is 0 Å². The van der Waals surface area contributed by atoms with Crippen molar-refractivity contribution in [3.8, 4) is 0 Å². The highest BCUT2D eigenvalue weighted by Crippen LogP contribution is 2.16. The van der Waals surface area contributed by atoms with Crippen LogP contribution in [-0.2, 0) is 14.3 Å². The highest BCUT2D eigenvalue weighted by Gasteiger charge is 2.18. The molecule has 0 heterocycles. The van der Waals surface area contributed by atoms with E-state index in [0.717, 1.165) is 57.8 Å². The Morgan fingerprint density at radius 2 is 0.783 bits per heavy atom. The summed E-state index contributed by atoms with van der Waals surface area (Å²) in [6.45, 7) is 4.85. The number of hydrogen-bond acceptors (Lipinski definition) is 5. The molecule has 6 nitrogen and oxygen atoms in total. The zero-order chi connectivity index (χ0) is 43.7. The summed E-state index contributed by atoms with van der Waals surface area (Å²) in [4.78, 5) is 24.5. The Labute approximate surface area is 373 Å². The first-order valence-electron chi connectivity index (χ1n) is 26.6. The van der Waals surface area contributed by atoms with Gasteiger partial charge in [0.25, 0.3) is 0 Å². The van der Waals surface area contributed by atoms with Crippen molar-refractivity contribution in [2.24, 2.45) is 0 Å². The number of amides is 1. The number of ether oxygens (including phenoxy) is 1. The first-order chi connectivity index (χ1) is 29.5. The summed E-state index contributed by atoms with van der Waals surface area (Å²) in [6, 6.07) is -0.644. The molecule has 3 N–H and O–H groups in total. The second kappa shape index (κ2) is 50.0. The summed E-state index contributed by atoms with van der Waals surface area (Å²) in [5.41, 5.74) is 0. The smallest absolute Gasteiger partial charge is 0.305 e. The number of carbonyl (C=O) groups is 2. The molecule has 0 saturated carbocycles. The number of hydrogen-bond donors (Lipinski definition) is 3. The topological polar surface area (TPSA) is 95.9 Å². The summed E-state index contributed by atoms with van der Waals surface area (Å²) in [5.74, 6) is -0.114. The fraction of sp³-hybridized carbons (Fsp3) is 0.889. The molecule has 0 bridgehead atoms. The Morgan fingerprint density at radius 3 is 1.18 bits per heavy atom. The number of rotatable bonds is 49. The lowest BCUT2D eigenvalue weighted by Gasteiger charge is -2.20. The van der Waals surface area contributed by atoms with Crippen LogP contribution in [0, 0.1) is 0 Å². The Morgan fingerprint density at radius 1 is 0.450 bits per heavy atom. The maximum Gasteiger partial charge on any atom is 0.305 e. The van der Waals surface area contributed by atoms with Gasteiger partial charge in [0.1, 0.15) is 0 Å². The van der Waals surface area contributed by atoms with Crippen molar-refractivity contribution in [1.82, 2.24) is 5.32 Å². The number of nitrogens with one attached hydrogen (secondary N) is 1. The number of esters is 1. The van der Waals surface area contributed by atoms with E-state index in [1.165, 1.54) is 199 Å². The van der Waals surface area contributed by atoms with Crippen LogP contribution in [-0.4, -0.2) is 47.4 Å². The predicted molar refractivity (Wildman–Crippen MR) is 260 cm³/mol. The predicted octanol–water partition coefficient (Wildman–Crippen LogP) is 15.9. The van der Waals surface area contributed by atoms with E-state index < -0.39 is 12.1 Å². The number of allylic oxidation sites excluding steroid dienone is 3. The van der Waals surface area contributed by atoms with Crippen LogP contribution in [0.4, 0.5) is 0 Å². The number of aliphatic hydroxyl groups is 2. The molecule has 0 radical (unpaired) electrons. The van der Waals surface area contributed by atoms with Crippen LogP contribution in [0.25, 0.3) is 0 Å². The van der Waals surface area contributed by atoms with Gasteiger partial charge in [0.15, 0.2) is 0 Å². The molecule has 0 rings (SSSR count). The Balaban J connectivity index is 3.50. The zero-order valence-corrected chi connectivity index (χ0v) is 40.2. The zero-order valence-electron chi connectivity index (χ0n) is 40.2. The van der Waals surface area contributed by atoms with Crippen molar-refractivity contribution in [1.29, 1.82) is 0 Å². The molecule has 0 aliphatic rings. The molecule has 60 heavy (non-hydrogen) atoms. The Hall–Kier alpha value is -1.66. The summed E-state index contributed by atoms with van der Waals surface area (Å²) < 4.78 is 5.46. The Bertz CT molecular complexity index is 935.